The van der Waals surface area contributed by atoms with Gasteiger partial charge in [0, 0.05) is 25.7 Å². The minimum absolute atomic E-state index is 0.103. The fourth-order valence-electron chi connectivity index (χ4n) is 10.7. The van der Waals surface area contributed by atoms with E-state index in [9.17, 15) is 43.2 Å². The predicted molar refractivity (Wildman–Crippen MR) is 363 cm³/mol. The summed E-state index contributed by atoms with van der Waals surface area (Å²) in [6.07, 6.45) is 46.1. The molecule has 0 amide bonds. The van der Waals surface area contributed by atoms with E-state index in [0.717, 1.165) is 108 Å². The van der Waals surface area contributed by atoms with E-state index in [1.165, 1.54) is 161 Å². The zero-order valence-electron chi connectivity index (χ0n) is 58.6. The molecule has 5 atom stereocenters. The molecule has 3 N–H and O–H groups in total. The Hall–Kier alpha value is -1.94. The van der Waals surface area contributed by atoms with Crippen molar-refractivity contribution in [2.24, 2.45) is 17.8 Å². The molecule has 0 bridgehead atoms. The molecule has 0 aromatic carbocycles. The molecule has 0 saturated carbocycles. The molecule has 0 heterocycles. The third-order valence-corrected chi connectivity index (χ3v) is 18.3. The summed E-state index contributed by atoms with van der Waals surface area (Å²) in [7, 11) is -9.90. The van der Waals surface area contributed by atoms with Crippen LogP contribution in [0.1, 0.15) is 357 Å². The van der Waals surface area contributed by atoms with Crippen molar-refractivity contribution in [3.8, 4) is 0 Å². The summed E-state index contributed by atoms with van der Waals surface area (Å²) in [5.74, 6) is 0.0125. The maximum absolute atomic E-state index is 13.0. The molecule has 0 fully saturated rings. The first-order chi connectivity index (χ1) is 43.2. The van der Waals surface area contributed by atoms with Gasteiger partial charge in [-0.25, -0.2) is 9.13 Å². The Morgan fingerprint density at radius 3 is 0.756 bits per heavy atom. The molecule has 0 saturated heterocycles. The molecule has 0 aromatic heterocycles. The van der Waals surface area contributed by atoms with Crippen LogP contribution in [-0.2, 0) is 65.4 Å². The van der Waals surface area contributed by atoms with E-state index in [2.05, 4.69) is 48.5 Å². The third-order valence-electron chi connectivity index (χ3n) is 16.4. The number of aliphatic hydroxyl groups is 1. The highest BCUT2D eigenvalue weighted by molar-refractivity contribution is 7.47. The Balaban J connectivity index is 5.22. The number of ether oxygens (including phenoxy) is 4. The average Bonchev–Trinajstić information content (AvgIpc) is 3.71. The van der Waals surface area contributed by atoms with Gasteiger partial charge in [0.05, 0.1) is 26.4 Å². The Morgan fingerprint density at radius 1 is 0.300 bits per heavy atom. The van der Waals surface area contributed by atoms with Crippen molar-refractivity contribution >= 4 is 39.5 Å². The largest absolute Gasteiger partial charge is 0.472 e. The summed E-state index contributed by atoms with van der Waals surface area (Å²) in [4.78, 5) is 72.5. The molecular weight excluding hydrogens is 1190 g/mol. The van der Waals surface area contributed by atoms with Crippen LogP contribution in [0.25, 0.3) is 0 Å². The van der Waals surface area contributed by atoms with Gasteiger partial charge < -0.3 is 33.8 Å². The van der Waals surface area contributed by atoms with Crippen LogP contribution in [0.15, 0.2) is 0 Å². The van der Waals surface area contributed by atoms with Gasteiger partial charge >= 0.3 is 39.5 Å². The second-order valence-corrected chi connectivity index (χ2v) is 30.0. The van der Waals surface area contributed by atoms with Crippen LogP contribution in [0.2, 0.25) is 0 Å². The monoisotopic (exact) mass is 1320 g/mol. The van der Waals surface area contributed by atoms with Crippen LogP contribution in [0.3, 0.4) is 0 Å². The summed E-state index contributed by atoms with van der Waals surface area (Å²) < 4.78 is 68.3. The molecule has 90 heavy (non-hydrogen) atoms. The highest BCUT2D eigenvalue weighted by atomic mass is 31.2. The summed E-state index contributed by atoms with van der Waals surface area (Å²) in [6.45, 7) is 11.7. The minimum atomic E-state index is -4.95. The van der Waals surface area contributed by atoms with Crippen molar-refractivity contribution in [1.29, 1.82) is 0 Å². The molecule has 0 aromatic rings. The zero-order chi connectivity index (χ0) is 66.6. The van der Waals surface area contributed by atoms with Crippen molar-refractivity contribution in [3.05, 3.63) is 0 Å². The minimum Gasteiger partial charge on any atom is -0.462 e. The molecule has 17 nitrogen and oxygen atoms in total. The lowest BCUT2D eigenvalue weighted by atomic mass is 10.0. The van der Waals surface area contributed by atoms with Gasteiger partial charge in [-0.1, -0.05) is 305 Å². The van der Waals surface area contributed by atoms with Crippen LogP contribution in [-0.4, -0.2) is 96.7 Å². The first-order valence-corrected chi connectivity index (χ1v) is 39.8. The van der Waals surface area contributed by atoms with E-state index in [0.29, 0.717) is 31.6 Å². The number of hydrogen-bond donors (Lipinski definition) is 3. The van der Waals surface area contributed by atoms with E-state index in [1.807, 2.05) is 0 Å². The molecule has 0 aliphatic carbocycles. The van der Waals surface area contributed by atoms with E-state index in [4.69, 9.17) is 37.0 Å². The molecule has 19 heteroatoms. The van der Waals surface area contributed by atoms with Crippen LogP contribution < -0.4 is 0 Å². The van der Waals surface area contributed by atoms with Crippen LogP contribution in [0.4, 0.5) is 0 Å². The van der Waals surface area contributed by atoms with Gasteiger partial charge in [0.25, 0.3) is 0 Å². The quantitative estimate of drug-likeness (QED) is 0.0222. The smallest absolute Gasteiger partial charge is 0.462 e. The summed E-state index contributed by atoms with van der Waals surface area (Å²) in [6, 6.07) is 0. The summed E-state index contributed by atoms with van der Waals surface area (Å²) >= 11 is 0. The Labute approximate surface area is 549 Å². The number of unbranched alkanes of at least 4 members (excludes halogenated alkanes) is 37. The van der Waals surface area contributed by atoms with Crippen LogP contribution in [0, 0.1) is 17.8 Å². The van der Waals surface area contributed by atoms with Crippen LogP contribution >= 0.6 is 15.6 Å². The number of carbonyl (C=O) groups is 4. The molecule has 0 rings (SSSR count). The molecular formula is C71H138O17P2. The molecule has 0 spiro atoms. The zero-order valence-corrected chi connectivity index (χ0v) is 60.4. The van der Waals surface area contributed by atoms with Gasteiger partial charge in [-0.15, -0.1) is 0 Å². The van der Waals surface area contributed by atoms with Crippen molar-refractivity contribution in [2.45, 2.75) is 375 Å². The lowest BCUT2D eigenvalue weighted by Gasteiger charge is -2.21. The molecule has 0 aliphatic heterocycles. The van der Waals surface area contributed by atoms with Crippen LogP contribution in [0.5, 0.6) is 0 Å². The highest BCUT2D eigenvalue weighted by Gasteiger charge is 2.30. The second-order valence-electron chi connectivity index (χ2n) is 27.1. The molecule has 0 radical (unpaired) electrons. The maximum atomic E-state index is 13.0. The number of aliphatic hydroxyl groups excluding tert-OH is 1. The second kappa shape index (κ2) is 61.9. The van der Waals surface area contributed by atoms with Gasteiger partial charge in [-0.2, -0.15) is 0 Å². The average molecular weight is 1330 g/mol. The van der Waals surface area contributed by atoms with Gasteiger partial charge in [0.2, 0.25) is 0 Å². The lowest BCUT2D eigenvalue weighted by molar-refractivity contribution is -0.161. The molecule has 534 valence electrons. The predicted octanol–water partition coefficient (Wildman–Crippen LogP) is 20.2. The number of phosphoric ester groups is 2. The summed E-state index contributed by atoms with van der Waals surface area (Å²) in [5.41, 5.74) is 0. The molecule has 0 aliphatic rings. The van der Waals surface area contributed by atoms with Gasteiger partial charge in [0.15, 0.2) is 12.2 Å². The fourth-order valence-corrected chi connectivity index (χ4v) is 12.3. The number of esters is 4. The first kappa shape index (κ1) is 88.1. The van der Waals surface area contributed by atoms with E-state index in [1.54, 1.807) is 0 Å². The summed E-state index contributed by atoms with van der Waals surface area (Å²) in [5, 5.41) is 10.6. The Bertz CT molecular complexity index is 1770. The van der Waals surface area contributed by atoms with E-state index < -0.39 is 97.5 Å². The molecule has 2 unspecified atom stereocenters. The third kappa shape index (κ3) is 64.8. The van der Waals surface area contributed by atoms with Crippen molar-refractivity contribution in [1.82, 2.24) is 0 Å². The Kier molecular flexibility index (Phi) is 60.6. The number of rotatable bonds is 69. The van der Waals surface area contributed by atoms with Gasteiger partial charge in [0.1, 0.15) is 19.3 Å². The number of hydrogen-bond acceptors (Lipinski definition) is 15. The number of carbonyl (C=O) groups excluding carboxylic acids is 4. The standard InChI is InChI=1S/C71H138O17P2/c1-8-9-10-11-12-13-14-15-16-17-18-19-20-21-24-31-40-47-54-70(75)87-66(58-81-68(73)52-45-38-30-25-22-23-28-35-42-49-62(2)3)60-85-89(77,78)83-56-65(72)57-84-90(79,80)86-61-67(59-82-69(74)53-46-39-34-33-37-44-51-64(6)7)88-71(76)55-48-41-32-27-26-29-36-43-50-63(4)5/h62-67,72H,8-61H2,1-7H3,(H,77,78)(H,79,80)/t65-,66-,67-/m1/s1. The fraction of sp³-hybridized carbons (Fsp3) is 0.944. The SMILES string of the molecule is CCCCCCCCCCCCCCCCCCCCC(=O)O[C@H](COC(=O)CCCCCCCCCCCC(C)C)COP(=O)(O)OC[C@@H](O)COP(=O)(O)OC[C@@H](COC(=O)CCCCCCCCC(C)C)OC(=O)CCCCCCCCCCC(C)C. The highest BCUT2D eigenvalue weighted by Crippen LogP contribution is 2.45. The van der Waals surface area contributed by atoms with Gasteiger partial charge in [-0.05, 0) is 43.4 Å². The van der Waals surface area contributed by atoms with Crippen molar-refractivity contribution in [3.63, 3.8) is 0 Å². The Morgan fingerprint density at radius 2 is 0.511 bits per heavy atom. The number of phosphoric acid groups is 2. The topological polar surface area (TPSA) is 237 Å². The van der Waals surface area contributed by atoms with Crippen molar-refractivity contribution < 1.29 is 80.2 Å². The van der Waals surface area contributed by atoms with E-state index in [-0.39, 0.29) is 25.7 Å². The van der Waals surface area contributed by atoms with E-state index >= 15 is 0 Å². The van der Waals surface area contributed by atoms with Crippen molar-refractivity contribution in [2.75, 3.05) is 39.6 Å². The first-order valence-electron chi connectivity index (χ1n) is 36.8. The maximum Gasteiger partial charge on any atom is 0.472 e. The normalized spacial score (nSPS) is 14.2. The van der Waals surface area contributed by atoms with Gasteiger partial charge in [-0.3, -0.25) is 37.3 Å². The lowest BCUT2D eigenvalue weighted by Crippen LogP contribution is -2.30.